The molecule has 2 aromatic carbocycles. The molecule has 1 saturated heterocycles. The van der Waals surface area contributed by atoms with Gasteiger partial charge in [0.15, 0.2) is 11.6 Å². The van der Waals surface area contributed by atoms with Gasteiger partial charge >= 0.3 is 0 Å². The van der Waals surface area contributed by atoms with Gasteiger partial charge in [-0.1, -0.05) is 29.8 Å². The van der Waals surface area contributed by atoms with E-state index >= 15 is 0 Å². The molecule has 0 aliphatic carbocycles. The number of rotatable bonds is 4. The Morgan fingerprint density at radius 1 is 1.28 bits per heavy atom. The quantitative estimate of drug-likeness (QED) is 0.780. The lowest BCUT2D eigenvalue weighted by atomic mass is 10.1. The molecular weight excluding hydrogens is 366 g/mol. The second kappa shape index (κ2) is 7.22. The van der Waals surface area contributed by atoms with Crippen molar-refractivity contribution in [1.29, 1.82) is 0 Å². The SMILES string of the molecule is CN(C)c1ccc(C2SCC(=O)N2Cc2cccc(F)c2F)c(Cl)c1. The van der Waals surface area contributed by atoms with E-state index < -0.39 is 11.6 Å². The summed E-state index contributed by atoms with van der Waals surface area (Å²) in [5.41, 5.74) is 1.90. The lowest BCUT2D eigenvalue weighted by Crippen LogP contribution is -2.28. The van der Waals surface area contributed by atoms with E-state index in [1.165, 1.54) is 23.9 Å². The number of carbonyl (C=O) groups is 1. The fourth-order valence-corrected chi connectivity index (χ4v) is 4.30. The van der Waals surface area contributed by atoms with Gasteiger partial charge in [0.05, 0.1) is 12.3 Å². The van der Waals surface area contributed by atoms with Crippen LogP contribution >= 0.6 is 23.4 Å². The van der Waals surface area contributed by atoms with E-state index in [1.807, 2.05) is 37.2 Å². The molecule has 0 saturated carbocycles. The fourth-order valence-electron chi connectivity index (χ4n) is 2.73. The minimum atomic E-state index is -0.917. The van der Waals surface area contributed by atoms with E-state index in [2.05, 4.69) is 0 Å². The van der Waals surface area contributed by atoms with E-state index in [0.717, 1.165) is 17.3 Å². The van der Waals surface area contributed by atoms with Crippen LogP contribution in [0.2, 0.25) is 5.02 Å². The third-order valence-electron chi connectivity index (χ3n) is 4.11. The highest BCUT2D eigenvalue weighted by atomic mass is 35.5. The first kappa shape index (κ1) is 18.0. The van der Waals surface area contributed by atoms with Gasteiger partial charge in [0.1, 0.15) is 5.37 Å². The predicted octanol–water partition coefficient (Wildman–Crippen LogP) is 4.46. The molecule has 3 rings (SSSR count). The molecule has 2 aromatic rings. The molecule has 1 fully saturated rings. The minimum absolute atomic E-state index is 0.00581. The van der Waals surface area contributed by atoms with Crippen LogP contribution in [0, 0.1) is 11.6 Å². The summed E-state index contributed by atoms with van der Waals surface area (Å²) in [6, 6.07) is 9.63. The summed E-state index contributed by atoms with van der Waals surface area (Å²) in [4.78, 5) is 15.8. The van der Waals surface area contributed by atoms with Gasteiger partial charge in [0.2, 0.25) is 5.91 Å². The highest BCUT2D eigenvalue weighted by Crippen LogP contribution is 2.43. The summed E-state index contributed by atoms with van der Waals surface area (Å²) in [5, 5.41) is 0.224. The Bertz CT molecular complexity index is 816. The Morgan fingerprint density at radius 3 is 2.72 bits per heavy atom. The highest BCUT2D eigenvalue weighted by Gasteiger charge is 2.34. The minimum Gasteiger partial charge on any atom is -0.378 e. The normalized spacial score (nSPS) is 17.2. The molecule has 1 heterocycles. The molecule has 1 aliphatic rings. The van der Waals surface area contributed by atoms with Crippen molar-refractivity contribution in [3.8, 4) is 0 Å². The van der Waals surface area contributed by atoms with Crippen molar-refractivity contribution in [2.75, 3.05) is 24.7 Å². The molecule has 0 radical (unpaired) electrons. The number of benzene rings is 2. The summed E-state index contributed by atoms with van der Waals surface area (Å²) >= 11 is 7.85. The van der Waals surface area contributed by atoms with Crippen LogP contribution in [0.4, 0.5) is 14.5 Å². The molecule has 7 heteroatoms. The Morgan fingerprint density at radius 2 is 2.04 bits per heavy atom. The fraction of sp³-hybridized carbons (Fsp3) is 0.278. The topological polar surface area (TPSA) is 23.6 Å². The second-order valence-electron chi connectivity index (χ2n) is 6.00. The Kier molecular flexibility index (Phi) is 5.20. The molecular formula is C18H17ClF2N2OS. The molecule has 0 N–H and O–H groups in total. The van der Waals surface area contributed by atoms with E-state index in [9.17, 15) is 13.6 Å². The molecule has 132 valence electrons. The number of hydrogen-bond acceptors (Lipinski definition) is 3. The van der Waals surface area contributed by atoms with Crippen molar-refractivity contribution in [3.63, 3.8) is 0 Å². The van der Waals surface area contributed by atoms with Crippen molar-refractivity contribution in [3.05, 3.63) is 64.2 Å². The van der Waals surface area contributed by atoms with Gasteiger partial charge in [-0.3, -0.25) is 4.79 Å². The predicted molar refractivity (Wildman–Crippen MR) is 97.9 cm³/mol. The average Bonchev–Trinajstić information content (AvgIpc) is 2.92. The van der Waals surface area contributed by atoms with Crippen molar-refractivity contribution >= 4 is 35.0 Å². The molecule has 1 unspecified atom stereocenters. The molecule has 1 amide bonds. The average molecular weight is 383 g/mol. The van der Waals surface area contributed by atoms with Gasteiger partial charge in [-0.25, -0.2) is 8.78 Å². The van der Waals surface area contributed by atoms with Crippen LogP contribution in [0.25, 0.3) is 0 Å². The van der Waals surface area contributed by atoms with E-state index in [1.54, 1.807) is 4.90 Å². The second-order valence-corrected chi connectivity index (χ2v) is 7.47. The summed E-state index contributed by atoms with van der Waals surface area (Å²) in [6.45, 7) is 0.00581. The van der Waals surface area contributed by atoms with Crippen molar-refractivity contribution in [2.24, 2.45) is 0 Å². The van der Waals surface area contributed by atoms with Crippen LogP contribution in [0.1, 0.15) is 16.5 Å². The van der Waals surface area contributed by atoms with Crippen molar-refractivity contribution in [1.82, 2.24) is 4.90 Å². The highest BCUT2D eigenvalue weighted by molar-refractivity contribution is 8.00. The summed E-state index contributed by atoms with van der Waals surface area (Å²) < 4.78 is 27.4. The summed E-state index contributed by atoms with van der Waals surface area (Å²) in [7, 11) is 3.83. The molecule has 0 bridgehead atoms. The first-order chi connectivity index (χ1) is 11.9. The van der Waals surface area contributed by atoms with Crippen molar-refractivity contribution < 1.29 is 13.6 Å². The monoisotopic (exact) mass is 382 g/mol. The van der Waals surface area contributed by atoms with Crippen LogP contribution < -0.4 is 4.90 Å². The number of thioether (sulfide) groups is 1. The summed E-state index contributed by atoms with van der Waals surface area (Å²) in [5.74, 6) is -1.67. The lowest BCUT2D eigenvalue weighted by Gasteiger charge is -2.26. The van der Waals surface area contributed by atoms with Crippen LogP contribution in [0.5, 0.6) is 0 Å². The maximum atomic E-state index is 14.0. The zero-order chi connectivity index (χ0) is 18.1. The van der Waals surface area contributed by atoms with Gasteiger partial charge in [-0.15, -0.1) is 11.8 Å². The van der Waals surface area contributed by atoms with Crippen LogP contribution in [0.15, 0.2) is 36.4 Å². The number of anilines is 1. The maximum absolute atomic E-state index is 14.0. The molecule has 0 aromatic heterocycles. The molecule has 25 heavy (non-hydrogen) atoms. The Labute approximate surface area is 154 Å². The van der Waals surface area contributed by atoms with Gasteiger partial charge in [0.25, 0.3) is 0 Å². The maximum Gasteiger partial charge on any atom is 0.234 e. The smallest absolute Gasteiger partial charge is 0.234 e. The molecule has 0 spiro atoms. The van der Waals surface area contributed by atoms with E-state index in [0.29, 0.717) is 5.02 Å². The Hall–Kier alpha value is -1.79. The lowest BCUT2D eigenvalue weighted by molar-refractivity contribution is -0.128. The molecule has 1 aliphatic heterocycles. The van der Waals surface area contributed by atoms with Gasteiger partial charge in [0, 0.05) is 35.9 Å². The summed E-state index contributed by atoms with van der Waals surface area (Å²) in [6.07, 6.45) is 0. The zero-order valence-electron chi connectivity index (χ0n) is 13.8. The Balaban J connectivity index is 1.91. The number of halogens is 3. The van der Waals surface area contributed by atoms with Crippen LogP contribution in [0.3, 0.4) is 0 Å². The van der Waals surface area contributed by atoms with Crippen LogP contribution in [-0.4, -0.2) is 30.7 Å². The number of hydrogen-bond donors (Lipinski definition) is 0. The third kappa shape index (κ3) is 3.60. The largest absolute Gasteiger partial charge is 0.378 e. The number of amides is 1. The number of carbonyl (C=O) groups excluding carboxylic acids is 1. The first-order valence-electron chi connectivity index (χ1n) is 7.69. The number of nitrogens with zero attached hydrogens (tertiary/aromatic N) is 2. The standard InChI is InChI=1S/C18H17ClF2N2OS/c1-22(2)12-6-7-13(14(19)8-12)18-23(16(24)10-25-18)9-11-4-3-5-15(20)17(11)21/h3-8,18H,9-10H2,1-2H3. The van der Waals surface area contributed by atoms with E-state index in [4.69, 9.17) is 11.6 Å². The van der Waals surface area contributed by atoms with Crippen LogP contribution in [-0.2, 0) is 11.3 Å². The van der Waals surface area contributed by atoms with Gasteiger partial charge in [-0.05, 0) is 18.2 Å². The first-order valence-corrected chi connectivity index (χ1v) is 9.12. The van der Waals surface area contributed by atoms with Gasteiger partial charge in [-0.2, -0.15) is 0 Å². The molecule has 1 atom stereocenters. The zero-order valence-corrected chi connectivity index (χ0v) is 15.4. The van der Waals surface area contributed by atoms with Gasteiger partial charge < -0.3 is 9.80 Å². The third-order valence-corrected chi connectivity index (χ3v) is 5.67. The molecule has 3 nitrogen and oxygen atoms in total. The van der Waals surface area contributed by atoms with E-state index in [-0.39, 0.29) is 29.1 Å². The van der Waals surface area contributed by atoms with Crippen molar-refractivity contribution in [2.45, 2.75) is 11.9 Å².